The van der Waals surface area contributed by atoms with Crippen LogP contribution in [0, 0.1) is 5.92 Å². The van der Waals surface area contributed by atoms with Crippen LogP contribution in [0.15, 0.2) is 84.9 Å². The molecule has 0 unspecified atom stereocenters. The minimum atomic E-state index is 1.04. The molecular weight excluding hydrogens is 266 g/mol. The van der Waals surface area contributed by atoms with Crippen LogP contribution in [0.4, 0.5) is 0 Å². The molecule has 0 radical (unpaired) electrons. The normalized spacial score (nSPS) is 12.6. The lowest BCUT2D eigenvalue weighted by molar-refractivity contribution is 0.717. The van der Waals surface area contributed by atoms with Gasteiger partial charge in [-0.05, 0) is 43.1 Å². The first-order valence-corrected chi connectivity index (χ1v) is 7.98. The highest BCUT2D eigenvalue weighted by Gasteiger charge is 2.19. The summed E-state index contributed by atoms with van der Waals surface area (Å²) in [5.74, 6) is 1.04. The maximum atomic E-state index is 3.13. The molecule has 1 aliphatic carbocycles. The molecule has 0 saturated heterocycles. The summed E-state index contributed by atoms with van der Waals surface area (Å²) in [6.07, 6.45) is 2.92. The van der Waals surface area contributed by atoms with E-state index in [0.717, 1.165) is 5.92 Å². The zero-order chi connectivity index (χ0) is 15.5. The second-order valence-electron chi connectivity index (χ2n) is 5.50. The Labute approximate surface area is 134 Å². The van der Waals surface area contributed by atoms with E-state index in [1.165, 1.54) is 30.2 Å². The third-order valence-corrected chi connectivity index (χ3v) is 3.52. The van der Waals surface area contributed by atoms with E-state index in [0.29, 0.717) is 0 Å². The summed E-state index contributed by atoms with van der Waals surface area (Å²) in [6.45, 7) is 1.24. The second-order valence-corrected chi connectivity index (χ2v) is 5.50. The van der Waals surface area contributed by atoms with Crippen LogP contribution in [-0.4, -0.2) is 13.6 Å². The highest BCUT2D eigenvalue weighted by molar-refractivity contribution is 5.81. The Balaban J connectivity index is 0.000000128. The molecule has 3 aromatic carbocycles. The molecule has 1 N–H and O–H groups in total. The molecule has 3 aromatic rings. The Kier molecular flexibility index (Phi) is 7.20. The summed E-state index contributed by atoms with van der Waals surface area (Å²) in [5.41, 5.74) is 0. The van der Waals surface area contributed by atoms with Gasteiger partial charge >= 0.3 is 0 Å². The van der Waals surface area contributed by atoms with Crippen LogP contribution in [0.2, 0.25) is 0 Å². The lowest BCUT2D eigenvalue weighted by atomic mass is 10.1. The third kappa shape index (κ3) is 6.55. The van der Waals surface area contributed by atoms with Gasteiger partial charge in [0.05, 0.1) is 0 Å². The fourth-order valence-electron chi connectivity index (χ4n) is 2.13. The molecule has 1 fully saturated rings. The Bertz CT molecular complexity index is 537. The average molecular weight is 291 g/mol. The van der Waals surface area contributed by atoms with Gasteiger partial charge in [0.15, 0.2) is 0 Å². The van der Waals surface area contributed by atoms with Gasteiger partial charge in [-0.25, -0.2) is 0 Å². The molecule has 0 aliphatic heterocycles. The second kappa shape index (κ2) is 9.75. The van der Waals surface area contributed by atoms with E-state index in [2.05, 4.69) is 53.8 Å². The van der Waals surface area contributed by atoms with E-state index >= 15 is 0 Å². The molecular formula is C21H25N. The first kappa shape index (κ1) is 16.3. The summed E-state index contributed by atoms with van der Waals surface area (Å²) in [5, 5.41) is 5.75. The van der Waals surface area contributed by atoms with Gasteiger partial charge in [-0.1, -0.05) is 84.9 Å². The molecule has 0 bridgehead atoms. The molecule has 22 heavy (non-hydrogen) atoms. The van der Waals surface area contributed by atoms with Crippen molar-refractivity contribution in [2.75, 3.05) is 13.6 Å². The summed E-state index contributed by atoms with van der Waals surface area (Å²) in [7, 11) is 2.01. The zero-order valence-electron chi connectivity index (χ0n) is 13.3. The van der Waals surface area contributed by atoms with Gasteiger partial charge in [0.1, 0.15) is 0 Å². The zero-order valence-corrected chi connectivity index (χ0v) is 13.3. The van der Waals surface area contributed by atoms with Crippen molar-refractivity contribution in [1.82, 2.24) is 5.32 Å². The molecule has 0 spiro atoms. The van der Waals surface area contributed by atoms with Crippen molar-refractivity contribution in [3.05, 3.63) is 84.9 Å². The molecule has 1 nitrogen and oxygen atoms in total. The minimum absolute atomic E-state index is 1.04. The fraction of sp³-hybridized carbons (Fsp3) is 0.238. The molecule has 0 heterocycles. The van der Waals surface area contributed by atoms with Crippen LogP contribution in [0.3, 0.4) is 0 Å². The van der Waals surface area contributed by atoms with E-state index in [9.17, 15) is 0 Å². The number of benzene rings is 3. The lowest BCUT2D eigenvalue weighted by Gasteiger charge is -1.92. The molecule has 1 aliphatic rings. The highest BCUT2D eigenvalue weighted by Crippen LogP contribution is 2.27. The van der Waals surface area contributed by atoms with Gasteiger partial charge in [0.2, 0.25) is 0 Å². The van der Waals surface area contributed by atoms with Crippen molar-refractivity contribution in [3.8, 4) is 0 Å². The van der Waals surface area contributed by atoms with Gasteiger partial charge in [-0.15, -0.1) is 0 Å². The summed E-state index contributed by atoms with van der Waals surface area (Å²) in [6, 6.07) is 28.7. The molecule has 0 atom stereocenters. The standard InChI is InChI=1S/C10H8.C6H6.C5H11N/c1-2-6-10-8-4-3-7-9(10)5-1;1-2-4-6-5-3-1;1-6-4-5-2-3-5/h1-8H;1-6H;5-6H,2-4H2,1H3. The van der Waals surface area contributed by atoms with E-state index in [1.807, 2.05) is 43.4 Å². The number of hydrogen-bond acceptors (Lipinski definition) is 1. The molecule has 0 aromatic heterocycles. The van der Waals surface area contributed by atoms with E-state index in [-0.39, 0.29) is 0 Å². The Morgan fingerprint density at radius 2 is 1.05 bits per heavy atom. The topological polar surface area (TPSA) is 12.0 Å². The predicted octanol–water partition coefficient (Wildman–Crippen LogP) is 5.14. The average Bonchev–Trinajstić information content (AvgIpc) is 3.42. The van der Waals surface area contributed by atoms with Crippen LogP contribution < -0.4 is 5.32 Å². The molecule has 4 rings (SSSR count). The lowest BCUT2D eigenvalue weighted by Crippen LogP contribution is -2.08. The van der Waals surface area contributed by atoms with E-state index in [1.54, 1.807) is 0 Å². The number of hydrogen-bond donors (Lipinski definition) is 1. The SMILES string of the molecule is CNCC1CC1.c1ccc2ccccc2c1.c1ccccc1. The molecule has 0 amide bonds. The van der Waals surface area contributed by atoms with Crippen molar-refractivity contribution in [2.24, 2.45) is 5.92 Å². The van der Waals surface area contributed by atoms with Crippen molar-refractivity contribution < 1.29 is 0 Å². The molecule has 1 saturated carbocycles. The Morgan fingerprint density at radius 3 is 1.27 bits per heavy atom. The highest BCUT2D eigenvalue weighted by atomic mass is 14.8. The van der Waals surface area contributed by atoms with Gasteiger partial charge in [-0.3, -0.25) is 0 Å². The quantitative estimate of drug-likeness (QED) is 0.689. The first-order chi connectivity index (χ1) is 10.9. The van der Waals surface area contributed by atoms with Crippen LogP contribution in [0.25, 0.3) is 10.8 Å². The van der Waals surface area contributed by atoms with Crippen LogP contribution in [0.5, 0.6) is 0 Å². The van der Waals surface area contributed by atoms with Crippen molar-refractivity contribution in [3.63, 3.8) is 0 Å². The molecule has 114 valence electrons. The van der Waals surface area contributed by atoms with Crippen LogP contribution in [-0.2, 0) is 0 Å². The molecule has 1 heteroatoms. The minimum Gasteiger partial charge on any atom is -0.319 e. The first-order valence-electron chi connectivity index (χ1n) is 7.98. The van der Waals surface area contributed by atoms with Gasteiger partial charge in [0.25, 0.3) is 0 Å². The summed E-state index contributed by atoms with van der Waals surface area (Å²) >= 11 is 0. The smallest absolute Gasteiger partial charge is 0.00235 e. The van der Waals surface area contributed by atoms with Crippen LogP contribution in [0.1, 0.15) is 12.8 Å². The summed E-state index contributed by atoms with van der Waals surface area (Å²) in [4.78, 5) is 0. The fourth-order valence-corrected chi connectivity index (χ4v) is 2.13. The van der Waals surface area contributed by atoms with Gasteiger partial charge in [-0.2, -0.15) is 0 Å². The Morgan fingerprint density at radius 1 is 0.682 bits per heavy atom. The van der Waals surface area contributed by atoms with E-state index in [4.69, 9.17) is 0 Å². The monoisotopic (exact) mass is 291 g/mol. The van der Waals surface area contributed by atoms with E-state index < -0.39 is 0 Å². The van der Waals surface area contributed by atoms with Crippen molar-refractivity contribution in [1.29, 1.82) is 0 Å². The van der Waals surface area contributed by atoms with Gasteiger partial charge < -0.3 is 5.32 Å². The third-order valence-electron chi connectivity index (χ3n) is 3.52. The number of rotatable bonds is 2. The maximum absolute atomic E-state index is 3.13. The van der Waals surface area contributed by atoms with Gasteiger partial charge in [0, 0.05) is 0 Å². The van der Waals surface area contributed by atoms with Crippen molar-refractivity contribution in [2.45, 2.75) is 12.8 Å². The predicted molar refractivity (Wildman–Crippen MR) is 97.0 cm³/mol. The maximum Gasteiger partial charge on any atom is -0.00235 e. The Hall–Kier alpha value is -2.12. The largest absolute Gasteiger partial charge is 0.319 e. The van der Waals surface area contributed by atoms with Crippen LogP contribution >= 0.6 is 0 Å². The van der Waals surface area contributed by atoms with Crippen molar-refractivity contribution >= 4 is 10.8 Å². The number of fused-ring (bicyclic) bond motifs is 1. The number of nitrogens with one attached hydrogen (secondary N) is 1. The summed E-state index contributed by atoms with van der Waals surface area (Å²) < 4.78 is 0.